The summed E-state index contributed by atoms with van der Waals surface area (Å²) in [6.07, 6.45) is 0.749. The Morgan fingerprint density at radius 3 is 2.72 bits per heavy atom. The summed E-state index contributed by atoms with van der Waals surface area (Å²) in [6, 6.07) is 20.9. The van der Waals surface area contributed by atoms with Crippen molar-refractivity contribution in [1.29, 1.82) is 0 Å². The van der Waals surface area contributed by atoms with E-state index in [1.807, 2.05) is 36.4 Å². The number of nitrogens with zero attached hydrogens (tertiary/aromatic N) is 3. The summed E-state index contributed by atoms with van der Waals surface area (Å²) in [5.41, 5.74) is 5.89. The highest BCUT2D eigenvalue weighted by Crippen LogP contribution is 2.38. The lowest BCUT2D eigenvalue weighted by atomic mass is 10.1. The first kappa shape index (κ1) is 19.6. The largest absolute Gasteiger partial charge is 0.301 e. The fraction of sp³-hybridized carbons (Fsp3) is 0.167. The van der Waals surface area contributed by atoms with Crippen molar-refractivity contribution in [2.24, 2.45) is 0 Å². The number of fused-ring (bicyclic) bond motifs is 4. The predicted molar refractivity (Wildman–Crippen MR) is 126 cm³/mol. The zero-order chi connectivity index (χ0) is 21.9. The lowest BCUT2D eigenvalue weighted by Crippen LogP contribution is -2.13. The van der Waals surface area contributed by atoms with E-state index in [0.717, 1.165) is 40.6 Å². The van der Waals surface area contributed by atoms with Gasteiger partial charge < -0.3 is 4.57 Å². The Morgan fingerprint density at radius 2 is 1.81 bits per heavy atom. The number of hydrogen-bond acceptors (Lipinski definition) is 5. The highest BCUT2D eigenvalue weighted by Gasteiger charge is 2.25. The van der Waals surface area contributed by atoms with E-state index in [2.05, 4.69) is 38.5 Å². The number of anilines is 1. The SMILES string of the molecule is C[C@H]1Cn2c(nnc2-c2cccc(NS(=O)(=O)c3ccc4c(c3)Cc3ccccc3-4)c2)S1. The van der Waals surface area contributed by atoms with Crippen LogP contribution in [0.2, 0.25) is 0 Å². The number of aromatic nitrogens is 3. The fourth-order valence-corrected chi connectivity index (χ4v) is 6.51. The number of nitrogens with one attached hydrogen (secondary N) is 1. The van der Waals surface area contributed by atoms with Crippen LogP contribution >= 0.6 is 11.8 Å². The predicted octanol–water partition coefficient (Wildman–Crippen LogP) is 4.81. The summed E-state index contributed by atoms with van der Waals surface area (Å²) < 4.78 is 31.1. The number of benzene rings is 3. The second-order valence-corrected chi connectivity index (χ2v) is 11.3. The van der Waals surface area contributed by atoms with Crippen LogP contribution in [-0.4, -0.2) is 28.4 Å². The van der Waals surface area contributed by atoms with Gasteiger partial charge in [0.25, 0.3) is 10.0 Å². The molecule has 0 saturated carbocycles. The van der Waals surface area contributed by atoms with Gasteiger partial charge in [0.2, 0.25) is 0 Å². The zero-order valence-electron chi connectivity index (χ0n) is 17.3. The molecule has 3 aromatic carbocycles. The standard InChI is InChI=1S/C24H20N4O2S2/c1-15-14-28-23(25-26-24(28)31-15)17-6-4-7-19(12-17)27-32(29,30)20-9-10-22-18(13-20)11-16-5-2-3-8-21(16)22/h2-10,12-13,15,27H,11,14H2,1H3/t15-/m0/s1. The Balaban J connectivity index is 1.30. The van der Waals surface area contributed by atoms with E-state index in [1.54, 1.807) is 30.0 Å². The molecule has 1 aliphatic heterocycles. The molecule has 4 aromatic rings. The van der Waals surface area contributed by atoms with Gasteiger partial charge in [0, 0.05) is 23.0 Å². The normalized spacial score (nSPS) is 16.5. The van der Waals surface area contributed by atoms with E-state index in [0.29, 0.717) is 10.9 Å². The Morgan fingerprint density at radius 1 is 0.969 bits per heavy atom. The minimum absolute atomic E-state index is 0.267. The molecule has 160 valence electrons. The molecule has 0 unspecified atom stereocenters. The van der Waals surface area contributed by atoms with Gasteiger partial charge in [0.05, 0.1) is 4.90 Å². The average Bonchev–Trinajstić information content (AvgIpc) is 3.44. The van der Waals surface area contributed by atoms with Crippen LogP contribution in [0.4, 0.5) is 5.69 Å². The van der Waals surface area contributed by atoms with Gasteiger partial charge in [0.1, 0.15) is 0 Å². The van der Waals surface area contributed by atoms with Crippen LogP contribution in [0.25, 0.3) is 22.5 Å². The Labute approximate surface area is 190 Å². The summed E-state index contributed by atoms with van der Waals surface area (Å²) in [6.45, 7) is 3.00. The number of hydrogen-bond donors (Lipinski definition) is 1. The molecule has 6 nitrogen and oxygen atoms in total. The Kier molecular flexibility index (Phi) is 4.41. The van der Waals surface area contributed by atoms with Crippen LogP contribution in [0, 0.1) is 0 Å². The summed E-state index contributed by atoms with van der Waals surface area (Å²) in [5.74, 6) is 0.758. The third-order valence-corrected chi connectivity index (χ3v) is 8.35. The molecule has 8 heteroatoms. The van der Waals surface area contributed by atoms with E-state index in [-0.39, 0.29) is 4.90 Å². The van der Waals surface area contributed by atoms with Gasteiger partial charge in [-0.1, -0.05) is 61.2 Å². The lowest BCUT2D eigenvalue weighted by molar-refractivity contribution is 0.601. The van der Waals surface area contributed by atoms with Gasteiger partial charge in [-0.15, -0.1) is 10.2 Å². The van der Waals surface area contributed by atoms with Gasteiger partial charge in [-0.05, 0) is 52.9 Å². The molecule has 1 aliphatic carbocycles. The van der Waals surface area contributed by atoms with E-state index in [4.69, 9.17) is 0 Å². The lowest BCUT2D eigenvalue weighted by Gasteiger charge is -2.11. The molecule has 6 rings (SSSR count). The first-order chi connectivity index (χ1) is 15.5. The molecule has 0 fully saturated rings. The van der Waals surface area contributed by atoms with Gasteiger partial charge in [-0.2, -0.15) is 0 Å². The van der Waals surface area contributed by atoms with Crippen molar-refractivity contribution in [3.05, 3.63) is 77.9 Å². The first-order valence-electron chi connectivity index (χ1n) is 10.4. The van der Waals surface area contributed by atoms with Crippen LogP contribution < -0.4 is 4.72 Å². The van der Waals surface area contributed by atoms with Gasteiger partial charge in [-0.25, -0.2) is 8.42 Å². The molecule has 1 N–H and O–H groups in total. The molecular formula is C24H20N4O2S2. The average molecular weight is 461 g/mol. The Bertz CT molecular complexity index is 1480. The fourth-order valence-electron chi connectivity index (χ4n) is 4.45. The second kappa shape index (κ2) is 7.21. The third-order valence-electron chi connectivity index (χ3n) is 5.91. The molecule has 2 aliphatic rings. The summed E-state index contributed by atoms with van der Waals surface area (Å²) in [5, 5.41) is 9.93. The maximum Gasteiger partial charge on any atom is 0.261 e. The van der Waals surface area contributed by atoms with E-state index < -0.39 is 10.0 Å². The number of thioether (sulfide) groups is 1. The van der Waals surface area contributed by atoms with Crippen molar-refractivity contribution in [3.8, 4) is 22.5 Å². The smallest absolute Gasteiger partial charge is 0.261 e. The topological polar surface area (TPSA) is 76.9 Å². The van der Waals surface area contributed by atoms with Crippen LogP contribution in [-0.2, 0) is 23.0 Å². The molecule has 2 heterocycles. The number of sulfonamides is 1. The molecule has 0 saturated heterocycles. The first-order valence-corrected chi connectivity index (χ1v) is 12.8. The maximum atomic E-state index is 13.2. The molecule has 32 heavy (non-hydrogen) atoms. The summed E-state index contributed by atoms with van der Waals surface area (Å²) >= 11 is 1.70. The summed E-state index contributed by atoms with van der Waals surface area (Å²) in [7, 11) is -3.73. The molecule has 0 spiro atoms. The third kappa shape index (κ3) is 3.22. The van der Waals surface area contributed by atoms with Gasteiger partial charge in [-0.3, -0.25) is 4.72 Å². The van der Waals surface area contributed by atoms with Crippen LogP contribution in [0.15, 0.2) is 76.8 Å². The monoisotopic (exact) mass is 460 g/mol. The van der Waals surface area contributed by atoms with Crippen molar-refractivity contribution in [2.75, 3.05) is 4.72 Å². The van der Waals surface area contributed by atoms with E-state index >= 15 is 0 Å². The van der Waals surface area contributed by atoms with E-state index in [1.165, 1.54) is 11.1 Å². The molecule has 0 radical (unpaired) electrons. The van der Waals surface area contributed by atoms with Crippen molar-refractivity contribution >= 4 is 27.5 Å². The minimum atomic E-state index is -3.73. The molecule has 1 aromatic heterocycles. The van der Waals surface area contributed by atoms with Gasteiger partial charge >= 0.3 is 0 Å². The Hall–Kier alpha value is -3.10. The van der Waals surface area contributed by atoms with Crippen molar-refractivity contribution in [3.63, 3.8) is 0 Å². The molecule has 0 bridgehead atoms. The van der Waals surface area contributed by atoms with Crippen LogP contribution in [0.5, 0.6) is 0 Å². The maximum absolute atomic E-state index is 13.2. The van der Waals surface area contributed by atoms with Gasteiger partial charge in [0.15, 0.2) is 11.0 Å². The molecular weight excluding hydrogens is 440 g/mol. The molecule has 0 amide bonds. The minimum Gasteiger partial charge on any atom is -0.301 e. The van der Waals surface area contributed by atoms with E-state index in [9.17, 15) is 8.42 Å². The van der Waals surface area contributed by atoms with Crippen molar-refractivity contribution in [2.45, 2.75) is 35.2 Å². The van der Waals surface area contributed by atoms with Crippen LogP contribution in [0.1, 0.15) is 18.1 Å². The van der Waals surface area contributed by atoms with Crippen LogP contribution in [0.3, 0.4) is 0 Å². The summed E-state index contributed by atoms with van der Waals surface area (Å²) in [4.78, 5) is 0.267. The zero-order valence-corrected chi connectivity index (χ0v) is 19.0. The van der Waals surface area contributed by atoms with Crippen molar-refractivity contribution < 1.29 is 8.42 Å². The second-order valence-electron chi connectivity index (χ2n) is 8.18. The molecule has 1 atom stereocenters. The highest BCUT2D eigenvalue weighted by molar-refractivity contribution is 7.99. The number of rotatable bonds is 4. The van der Waals surface area contributed by atoms with Crippen molar-refractivity contribution in [1.82, 2.24) is 14.8 Å². The highest BCUT2D eigenvalue weighted by atomic mass is 32.2. The quantitative estimate of drug-likeness (QED) is 0.416.